The molecule has 0 saturated heterocycles. The topological polar surface area (TPSA) is 96.0 Å². The first-order valence-electron chi connectivity index (χ1n) is 12.3. The molecule has 3 rings (SSSR count). The number of sulfonamides is 1. The van der Waals surface area contributed by atoms with Crippen molar-refractivity contribution in [2.75, 3.05) is 30.8 Å². The smallest absolute Gasteiger partial charge is 0.244 e. The number of likely N-dealkylation sites (N-methyl/N-ethyl adjacent to an activating group) is 1. The third kappa shape index (κ3) is 8.04. The van der Waals surface area contributed by atoms with Crippen LogP contribution in [0, 0.1) is 0 Å². The number of ether oxygens (including phenoxy) is 1. The molecule has 0 heterocycles. The number of halogens is 3. The summed E-state index contributed by atoms with van der Waals surface area (Å²) < 4.78 is 31.9. The molecular weight excluding hydrogens is 597 g/mol. The number of nitrogens with zero attached hydrogens (tertiary/aromatic N) is 2. The van der Waals surface area contributed by atoms with Gasteiger partial charge in [0, 0.05) is 35.1 Å². The van der Waals surface area contributed by atoms with E-state index in [0.29, 0.717) is 27.9 Å². The van der Waals surface area contributed by atoms with Gasteiger partial charge in [-0.15, -0.1) is 0 Å². The van der Waals surface area contributed by atoms with Crippen molar-refractivity contribution in [1.82, 2.24) is 10.2 Å². The highest BCUT2D eigenvalue weighted by atomic mass is 35.5. The highest BCUT2D eigenvalue weighted by molar-refractivity contribution is 7.92. The summed E-state index contributed by atoms with van der Waals surface area (Å²) in [4.78, 5) is 28.7. The van der Waals surface area contributed by atoms with E-state index in [2.05, 4.69) is 5.32 Å². The SMILES string of the molecule is CCNC(=O)[C@H](Cc1ccccc1)N(Cc1c(Cl)cccc1Cl)C(=O)CN(c1ccc(OC)c(Cl)c1)S(C)(=O)=O. The highest BCUT2D eigenvalue weighted by Gasteiger charge is 2.33. The van der Waals surface area contributed by atoms with Crippen LogP contribution in [0.5, 0.6) is 5.75 Å². The fraction of sp³-hybridized carbons (Fsp3) is 0.286. The normalized spacial score (nSPS) is 11.9. The zero-order valence-corrected chi connectivity index (χ0v) is 25.3. The molecular formula is C28H30Cl3N3O5S. The summed E-state index contributed by atoms with van der Waals surface area (Å²) >= 11 is 19.2. The van der Waals surface area contributed by atoms with Crippen molar-refractivity contribution in [3.63, 3.8) is 0 Å². The monoisotopic (exact) mass is 625 g/mol. The lowest BCUT2D eigenvalue weighted by atomic mass is 10.0. The van der Waals surface area contributed by atoms with Gasteiger partial charge in [-0.1, -0.05) is 71.2 Å². The lowest BCUT2D eigenvalue weighted by Crippen LogP contribution is -2.53. The second-order valence-electron chi connectivity index (χ2n) is 8.91. The summed E-state index contributed by atoms with van der Waals surface area (Å²) in [7, 11) is -2.52. The van der Waals surface area contributed by atoms with E-state index in [4.69, 9.17) is 39.5 Å². The van der Waals surface area contributed by atoms with Crippen LogP contribution in [0.4, 0.5) is 5.69 Å². The first-order chi connectivity index (χ1) is 19.0. The molecule has 0 spiro atoms. The van der Waals surface area contributed by atoms with Crippen LogP contribution in [-0.4, -0.2) is 57.6 Å². The molecule has 0 unspecified atom stereocenters. The van der Waals surface area contributed by atoms with Crippen LogP contribution >= 0.6 is 34.8 Å². The molecule has 0 bridgehead atoms. The Morgan fingerprint density at radius 3 is 2.15 bits per heavy atom. The van der Waals surface area contributed by atoms with Crippen LogP contribution in [0.2, 0.25) is 15.1 Å². The summed E-state index contributed by atoms with van der Waals surface area (Å²) in [5, 5.41) is 3.57. The number of carbonyl (C=O) groups excluding carboxylic acids is 2. The number of anilines is 1. The Balaban J connectivity index is 2.09. The van der Waals surface area contributed by atoms with Gasteiger partial charge in [0.15, 0.2) is 0 Å². The number of amides is 2. The number of hydrogen-bond donors (Lipinski definition) is 1. The fourth-order valence-electron chi connectivity index (χ4n) is 4.12. The van der Waals surface area contributed by atoms with Crippen LogP contribution in [0.1, 0.15) is 18.1 Å². The van der Waals surface area contributed by atoms with Crippen molar-refractivity contribution < 1.29 is 22.7 Å². The van der Waals surface area contributed by atoms with Crippen molar-refractivity contribution in [2.24, 2.45) is 0 Å². The average molecular weight is 627 g/mol. The second-order valence-corrected chi connectivity index (χ2v) is 12.0. The van der Waals surface area contributed by atoms with Gasteiger partial charge < -0.3 is 15.0 Å². The Morgan fingerprint density at radius 2 is 1.60 bits per heavy atom. The molecule has 12 heteroatoms. The quantitative estimate of drug-likeness (QED) is 0.298. The second kappa shape index (κ2) is 14.1. The zero-order valence-electron chi connectivity index (χ0n) is 22.2. The Labute approximate surface area is 249 Å². The van der Waals surface area contributed by atoms with E-state index in [9.17, 15) is 18.0 Å². The maximum atomic E-state index is 14.0. The van der Waals surface area contributed by atoms with Gasteiger partial charge in [0.25, 0.3) is 0 Å². The Morgan fingerprint density at radius 1 is 0.950 bits per heavy atom. The van der Waals surface area contributed by atoms with Crippen LogP contribution in [-0.2, 0) is 32.6 Å². The van der Waals surface area contributed by atoms with E-state index in [1.807, 2.05) is 30.3 Å². The summed E-state index contributed by atoms with van der Waals surface area (Å²) in [6.45, 7) is 1.37. The van der Waals surface area contributed by atoms with Gasteiger partial charge in [-0.05, 0) is 42.8 Å². The van der Waals surface area contributed by atoms with E-state index in [1.54, 1.807) is 25.1 Å². The van der Waals surface area contributed by atoms with Gasteiger partial charge in [-0.2, -0.15) is 0 Å². The van der Waals surface area contributed by atoms with Crippen LogP contribution in [0.3, 0.4) is 0 Å². The first kappa shape index (κ1) is 31.5. The first-order valence-corrected chi connectivity index (χ1v) is 15.3. The van der Waals surface area contributed by atoms with E-state index < -0.39 is 34.4 Å². The minimum absolute atomic E-state index is 0.132. The molecule has 0 aliphatic rings. The van der Waals surface area contributed by atoms with E-state index in [-0.39, 0.29) is 23.7 Å². The number of methoxy groups -OCH3 is 1. The minimum Gasteiger partial charge on any atom is -0.495 e. The largest absolute Gasteiger partial charge is 0.495 e. The van der Waals surface area contributed by atoms with Crippen LogP contribution in [0.25, 0.3) is 0 Å². The number of nitrogens with one attached hydrogen (secondary N) is 1. The Bertz CT molecular complexity index is 1430. The molecule has 0 aliphatic carbocycles. The maximum Gasteiger partial charge on any atom is 0.244 e. The Kier molecular flexibility index (Phi) is 11.1. The summed E-state index contributed by atoms with van der Waals surface area (Å²) in [5.41, 5.74) is 1.40. The summed E-state index contributed by atoms with van der Waals surface area (Å²) in [5.74, 6) is -0.693. The molecule has 1 N–H and O–H groups in total. The van der Waals surface area contributed by atoms with Gasteiger partial charge >= 0.3 is 0 Å². The van der Waals surface area contributed by atoms with E-state index in [1.165, 1.54) is 30.2 Å². The number of carbonyl (C=O) groups is 2. The molecule has 0 fully saturated rings. The van der Waals surface area contributed by atoms with Gasteiger partial charge in [0.1, 0.15) is 18.3 Å². The molecule has 40 heavy (non-hydrogen) atoms. The van der Waals surface area contributed by atoms with E-state index >= 15 is 0 Å². The van der Waals surface area contributed by atoms with Gasteiger partial charge in [-0.25, -0.2) is 8.42 Å². The van der Waals surface area contributed by atoms with Gasteiger partial charge in [-0.3, -0.25) is 13.9 Å². The molecule has 1 atom stereocenters. The molecule has 3 aromatic rings. The number of rotatable bonds is 12. The Hall–Kier alpha value is -2.98. The van der Waals surface area contributed by atoms with Crippen molar-refractivity contribution in [3.05, 3.63) is 92.9 Å². The van der Waals surface area contributed by atoms with Crippen LogP contribution < -0.4 is 14.4 Å². The predicted octanol–water partition coefficient (Wildman–Crippen LogP) is 5.20. The van der Waals surface area contributed by atoms with Crippen molar-refractivity contribution in [1.29, 1.82) is 0 Å². The summed E-state index contributed by atoms with van der Waals surface area (Å²) in [6, 6.07) is 17.5. The predicted molar refractivity (Wildman–Crippen MR) is 160 cm³/mol. The molecule has 0 saturated carbocycles. The maximum absolute atomic E-state index is 14.0. The minimum atomic E-state index is -3.95. The lowest BCUT2D eigenvalue weighted by Gasteiger charge is -2.34. The lowest BCUT2D eigenvalue weighted by molar-refractivity contribution is -0.140. The van der Waals surface area contributed by atoms with Gasteiger partial charge in [0.05, 0.1) is 24.1 Å². The van der Waals surface area contributed by atoms with Crippen LogP contribution in [0.15, 0.2) is 66.7 Å². The van der Waals surface area contributed by atoms with Crippen molar-refractivity contribution >= 4 is 62.3 Å². The standard InChI is InChI=1S/C28H30Cl3N3O5S/c1-4-32-28(36)25(15-19-9-6-5-7-10-19)33(17-21-22(29)11-8-12-23(21)30)27(35)18-34(40(3,37)38)20-13-14-26(39-2)24(31)16-20/h5-14,16,25H,4,15,17-18H2,1-3H3,(H,32,36)/t25-/m0/s1. The third-order valence-electron chi connectivity index (χ3n) is 6.11. The number of benzene rings is 3. The zero-order chi connectivity index (χ0) is 29.4. The molecule has 3 aromatic carbocycles. The number of hydrogen-bond acceptors (Lipinski definition) is 5. The van der Waals surface area contributed by atoms with Gasteiger partial charge in [0.2, 0.25) is 21.8 Å². The van der Waals surface area contributed by atoms with Crippen molar-refractivity contribution in [2.45, 2.75) is 25.9 Å². The average Bonchev–Trinajstić information content (AvgIpc) is 2.90. The van der Waals surface area contributed by atoms with E-state index in [0.717, 1.165) is 16.1 Å². The molecule has 0 aliphatic heterocycles. The summed E-state index contributed by atoms with van der Waals surface area (Å²) in [6.07, 6.45) is 1.16. The molecule has 0 aromatic heterocycles. The molecule has 8 nitrogen and oxygen atoms in total. The molecule has 214 valence electrons. The van der Waals surface area contributed by atoms with Crippen molar-refractivity contribution in [3.8, 4) is 5.75 Å². The third-order valence-corrected chi connectivity index (χ3v) is 8.26. The highest BCUT2D eigenvalue weighted by Crippen LogP contribution is 2.31. The fourth-order valence-corrected chi connectivity index (χ4v) is 5.73. The molecule has 0 radical (unpaired) electrons. The molecule has 2 amide bonds.